The Hall–Kier alpha value is -2.29. The zero-order chi connectivity index (χ0) is 15.0. The summed E-state index contributed by atoms with van der Waals surface area (Å²) in [6, 6.07) is 12.4. The van der Waals surface area contributed by atoms with Gasteiger partial charge in [-0.05, 0) is 55.7 Å². The Kier molecular flexibility index (Phi) is 3.42. The van der Waals surface area contributed by atoms with Gasteiger partial charge in [0.15, 0.2) is 0 Å². The van der Waals surface area contributed by atoms with Crippen molar-refractivity contribution in [1.82, 2.24) is 9.55 Å². The molecule has 0 spiro atoms. The van der Waals surface area contributed by atoms with Crippen LogP contribution < -0.4 is 5.73 Å². The first-order chi connectivity index (χ1) is 10.1. The molecule has 0 amide bonds. The van der Waals surface area contributed by atoms with Crippen LogP contribution in [-0.2, 0) is 6.54 Å². The van der Waals surface area contributed by atoms with Crippen LogP contribution in [0.2, 0.25) is 0 Å². The quantitative estimate of drug-likeness (QED) is 0.726. The summed E-state index contributed by atoms with van der Waals surface area (Å²) in [6.07, 6.45) is 1.08. The topological polar surface area (TPSA) is 43.8 Å². The minimum Gasteiger partial charge on any atom is -0.399 e. The van der Waals surface area contributed by atoms with Gasteiger partial charge >= 0.3 is 0 Å². The Bertz CT molecular complexity index is 800. The zero-order valence-electron chi connectivity index (χ0n) is 12.9. The second-order valence-corrected chi connectivity index (χ2v) is 5.64. The number of nitrogens with two attached hydrogens (primary N) is 1. The number of fused-ring (bicyclic) bond motifs is 1. The van der Waals surface area contributed by atoms with Gasteiger partial charge in [-0.1, -0.05) is 19.1 Å². The van der Waals surface area contributed by atoms with E-state index < -0.39 is 0 Å². The smallest absolute Gasteiger partial charge is 0.141 e. The van der Waals surface area contributed by atoms with Gasteiger partial charge in [0, 0.05) is 17.8 Å². The average Bonchev–Trinajstić information content (AvgIpc) is 2.78. The number of nitrogen functional groups attached to an aromatic ring is 1. The molecule has 0 fully saturated rings. The molecular weight excluding hydrogens is 258 g/mol. The Morgan fingerprint density at radius 1 is 1.10 bits per heavy atom. The van der Waals surface area contributed by atoms with Crippen LogP contribution in [0.3, 0.4) is 0 Å². The van der Waals surface area contributed by atoms with E-state index >= 15 is 0 Å². The van der Waals surface area contributed by atoms with Crippen molar-refractivity contribution in [1.29, 1.82) is 0 Å². The van der Waals surface area contributed by atoms with Gasteiger partial charge in [-0.25, -0.2) is 4.98 Å². The summed E-state index contributed by atoms with van der Waals surface area (Å²) in [7, 11) is 0. The van der Waals surface area contributed by atoms with Gasteiger partial charge in [0.05, 0.1) is 11.0 Å². The molecule has 21 heavy (non-hydrogen) atoms. The number of hydrogen-bond acceptors (Lipinski definition) is 2. The molecule has 2 aromatic carbocycles. The summed E-state index contributed by atoms with van der Waals surface area (Å²) < 4.78 is 2.30. The molecule has 0 saturated heterocycles. The summed E-state index contributed by atoms with van der Waals surface area (Å²) in [5, 5.41) is 0. The predicted molar refractivity (Wildman–Crippen MR) is 89.3 cm³/mol. The number of rotatable bonds is 3. The first kappa shape index (κ1) is 13.7. The molecule has 0 aliphatic heterocycles. The fourth-order valence-electron chi connectivity index (χ4n) is 2.73. The van der Waals surface area contributed by atoms with Crippen molar-refractivity contribution in [2.75, 3.05) is 5.73 Å². The monoisotopic (exact) mass is 279 g/mol. The lowest BCUT2D eigenvalue weighted by Crippen LogP contribution is -2.00. The van der Waals surface area contributed by atoms with Crippen molar-refractivity contribution >= 4 is 16.7 Å². The van der Waals surface area contributed by atoms with E-state index in [1.54, 1.807) is 0 Å². The van der Waals surface area contributed by atoms with Crippen LogP contribution in [0.5, 0.6) is 0 Å². The molecule has 108 valence electrons. The molecule has 0 aliphatic carbocycles. The van der Waals surface area contributed by atoms with Gasteiger partial charge in [-0.15, -0.1) is 0 Å². The van der Waals surface area contributed by atoms with Gasteiger partial charge in [0.2, 0.25) is 0 Å². The molecule has 1 heterocycles. The Morgan fingerprint density at radius 2 is 1.86 bits per heavy atom. The van der Waals surface area contributed by atoms with Gasteiger partial charge in [-0.3, -0.25) is 0 Å². The van der Waals surface area contributed by atoms with Crippen molar-refractivity contribution in [2.45, 2.75) is 33.7 Å². The van der Waals surface area contributed by atoms with Crippen LogP contribution in [0.4, 0.5) is 5.69 Å². The Morgan fingerprint density at radius 3 is 2.57 bits per heavy atom. The van der Waals surface area contributed by atoms with Gasteiger partial charge in [0.25, 0.3) is 0 Å². The third-order valence-corrected chi connectivity index (χ3v) is 3.96. The summed E-state index contributed by atoms with van der Waals surface area (Å²) in [5.74, 6) is 1.00. The minimum absolute atomic E-state index is 0.773. The number of hydrogen-bond donors (Lipinski definition) is 1. The largest absolute Gasteiger partial charge is 0.399 e. The second kappa shape index (κ2) is 5.24. The maximum Gasteiger partial charge on any atom is 0.141 e. The molecule has 0 atom stereocenters. The van der Waals surface area contributed by atoms with Crippen molar-refractivity contribution in [3.63, 3.8) is 0 Å². The standard InChI is InChI=1S/C18H21N3/c1-4-8-21-17-10-13(3)12(2)9-16(17)20-18(21)14-6-5-7-15(19)11-14/h5-7,9-11H,4,8,19H2,1-3H3. The van der Waals surface area contributed by atoms with E-state index in [2.05, 4.69) is 43.5 Å². The molecule has 0 radical (unpaired) electrons. The minimum atomic E-state index is 0.773. The van der Waals surface area contributed by atoms with Gasteiger partial charge in [-0.2, -0.15) is 0 Å². The van der Waals surface area contributed by atoms with Crippen LogP contribution in [0, 0.1) is 13.8 Å². The van der Waals surface area contributed by atoms with E-state index in [1.165, 1.54) is 16.6 Å². The van der Waals surface area contributed by atoms with E-state index in [4.69, 9.17) is 10.7 Å². The van der Waals surface area contributed by atoms with Crippen LogP contribution >= 0.6 is 0 Å². The lowest BCUT2D eigenvalue weighted by atomic mass is 10.1. The van der Waals surface area contributed by atoms with Crippen LogP contribution in [0.25, 0.3) is 22.4 Å². The molecule has 2 N–H and O–H groups in total. The number of nitrogens with zero attached hydrogens (tertiary/aromatic N) is 2. The van der Waals surface area contributed by atoms with Crippen molar-refractivity contribution < 1.29 is 0 Å². The highest BCUT2D eigenvalue weighted by atomic mass is 15.1. The van der Waals surface area contributed by atoms with Crippen molar-refractivity contribution in [2.24, 2.45) is 0 Å². The number of benzene rings is 2. The van der Waals surface area contributed by atoms with E-state index in [0.29, 0.717) is 0 Å². The molecule has 1 aromatic heterocycles. The Labute approximate surface area is 125 Å². The maximum absolute atomic E-state index is 5.93. The fourth-order valence-corrected chi connectivity index (χ4v) is 2.73. The molecule has 3 nitrogen and oxygen atoms in total. The molecule has 0 aliphatic rings. The van der Waals surface area contributed by atoms with E-state index in [9.17, 15) is 0 Å². The van der Waals surface area contributed by atoms with E-state index in [1.807, 2.05) is 18.2 Å². The molecule has 3 heteroatoms. The number of aromatic nitrogens is 2. The van der Waals surface area contributed by atoms with Crippen LogP contribution in [-0.4, -0.2) is 9.55 Å². The lowest BCUT2D eigenvalue weighted by molar-refractivity contribution is 0.704. The number of aryl methyl sites for hydroxylation is 3. The SMILES string of the molecule is CCCn1c(-c2cccc(N)c2)nc2cc(C)c(C)cc21. The highest BCUT2D eigenvalue weighted by Crippen LogP contribution is 2.28. The molecule has 3 rings (SSSR count). The summed E-state index contributed by atoms with van der Waals surface area (Å²) in [6.45, 7) is 7.44. The zero-order valence-corrected chi connectivity index (χ0v) is 12.9. The number of anilines is 1. The molecule has 0 unspecified atom stereocenters. The summed E-state index contributed by atoms with van der Waals surface area (Å²) >= 11 is 0. The fraction of sp³-hybridized carbons (Fsp3) is 0.278. The summed E-state index contributed by atoms with van der Waals surface area (Å²) in [4.78, 5) is 4.85. The average molecular weight is 279 g/mol. The highest BCUT2D eigenvalue weighted by Gasteiger charge is 2.13. The molecule has 0 saturated carbocycles. The van der Waals surface area contributed by atoms with Gasteiger partial charge in [0.1, 0.15) is 5.82 Å². The molecule has 0 bridgehead atoms. The lowest BCUT2D eigenvalue weighted by Gasteiger charge is -2.09. The first-order valence-electron chi connectivity index (χ1n) is 7.43. The normalized spacial score (nSPS) is 11.2. The maximum atomic E-state index is 5.93. The third-order valence-electron chi connectivity index (χ3n) is 3.96. The highest BCUT2D eigenvalue weighted by molar-refractivity contribution is 5.82. The van der Waals surface area contributed by atoms with Crippen LogP contribution in [0.15, 0.2) is 36.4 Å². The van der Waals surface area contributed by atoms with E-state index in [-0.39, 0.29) is 0 Å². The summed E-state index contributed by atoms with van der Waals surface area (Å²) in [5.41, 5.74) is 12.6. The van der Waals surface area contributed by atoms with Crippen molar-refractivity contribution in [3.05, 3.63) is 47.5 Å². The number of imidazole rings is 1. The third kappa shape index (κ3) is 2.40. The molecule has 3 aromatic rings. The van der Waals surface area contributed by atoms with Gasteiger partial charge < -0.3 is 10.3 Å². The molecular formula is C18H21N3. The second-order valence-electron chi connectivity index (χ2n) is 5.64. The Balaban J connectivity index is 2.28. The first-order valence-corrected chi connectivity index (χ1v) is 7.43. The van der Waals surface area contributed by atoms with Crippen molar-refractivity contribution in [3.8, 4) is 11.4 Å². The predicted octanol–water partition coefficient (Wildman–Crippen LogP) is 4.31. The van der Waals surface area contributed by atoms with Crippen LogP contribution in [0.1, 0.15) is 24.5 Å². The van der Waals surface area contributed by atoms with E-state index in [0.717, 1.165) is 35.6 Å².